The van der Waals surface area contributed by atoms with Gasteiger partial charge in [-0.15, -0.1) is 0 Å². The lowest BCUT2D eigenvalue weighted by Crippen LogP contribution is -2.43. The smallest absolute Gasteiger partial charge is 0.176 e. The molecule has 0 amide bonds. The summed E-state index contributed by atoms with van der Waals surface area (Å²) in [6, 6.07) is 7.94. The first-order valence-corrected chi connectivity index (χ1v) is 6.80. The molecule has 0 saturated carbocycles. The molecule has 0 bridgehead atoms. The van der Waals surface area contributed by atoms with Gasteiger partial charge in [0.15, 0.2) is 5.78 Å². The number of hydrogen-bond acceptors (Lipinski definition) is 4. The molecule has 1 aliphatic heterocycles. The molecule has 1 aliphatic rings. The Morgan fingerprint density at radius 1 is 1.32 bits per heavy atom. The van der Waals surface area contributed by atoms with Crippen LogP contribution in [-0.4, -0.2) is 50.5 Å². The van der Waals surface area contributed by atoms with Gasteiger partial charge < -0.3 is 10.1 Å². The number of ether oxygens (including phenoxy) is 1. The second-order valence-corrected chi connectivity index (χ2v) is 4.99. The summed E-state index contributed by atoms with van der Waals surface area (Å²) in [7, 11) is 3.63. The van der Waals surface area contributed by atoms with Crippen molar-refractivity contribution < 1.29 is 9.53 Å². The van der Waals surface area contributed by atoms with Gasteiger partial charge in [0.25, 0.3) is 0 Å². The van der Waals surface area contributed by atoms with Gasteiger partial charge in [-0.2, -0.15) is 0 Å². The van der Waals surface area contributed by atoms with E-state index >= 15 is 0 Å². The maximum absolute atomic E-state index is 12.2. The largest absolute Gasteiger partial charge is 0.497 e. The summed E-state index contributed by atoms with van der Waals surface area (Å²) in [6.07, 6.45) is 2.23. The quantitative estimate of drug-likeness (QED) is 0.818. The standard InChI is InChI=1S/C15H22N2O2/c1-16-13-7-9-17(10-8-13)11-15(18)12-3-5-14(19-2)6-4-12/h3-6,13,16H,7-11H2,1-2H3. The summed E-state index contributed by atoms with van der Waals surface area (Å²) in [5.74, 6) is 0.969. The van der Waals surface area contributed by atoms with Crippen LogP contribution in [0.2, 0.25) is 0 Å². The number of rotatable bonds is 5. The zero-order chi connectivity index (χ0) is 13.7. The number of benzene rings is 1. The summed E-state index contributed by atoms with van der Waals surface area (Å²) in [4.78, 5) is 14.4. The predicted octanol–water partition coefficient (Wildman–Crippen LogP) is 1.56. The Morgan fingerprint density at radius 3 is 2.47 bits per heavy atom. The number of carbonyl (C=O) groups excluding carboxylic acids is 1. The zero-order valence-electron chi connectivity index (χ0n) is 11.7. The van der Waals surface area contributed by atoms with Crippen molar-refractivity contribution in [3.8, 4) is 5.75 Å². The van der Waals surface area contributed by atoms with E-state index in [9.17, 15) is 4.79 Å². The number of likely N-dealkylation sites (tertiary alicyclic amines) is 1. The van der Waals surface area contributed by atoms with Gasteiger partial charge in [-0.05, 0) is 44.2 Å². The van der Waals surface area contributed by atoms with E-state index in [4.69, 9.17) is 4.74 Å². The Labute approximate surface area is 114 Å². The highest BCUT2D eigenvalue weighted by Gasteiger charge is 2.19. The van der Waals surface area contributed by atoms with Gasteiger partial charge in [0.1, 0.15) is 5.75 Å². The summed E-state index contributed by atoms with van der Waals surface area (Å²) in [5.41, 5.74) is 0.761. The number of hydrogen-bond donors (Lipinski definition) is 1. The molecule has 1 aromatic rings. The molecule has 1 heterocycles. The fourth-order valence-electron chi connectivity index (χ4n) is 2.45. The third-order valence-corrected chi connectivity index (χ3v) is 3.78. The van der Waals surface area contributed by atoms with Crippen LogP contribution in [0.15, 0.2) is 24.3 Å². The number of ketones is 1. The van der Waals surface area contributed by atoms with E-state index < -0.39 is 0 Å². The third kappa shape index (κ3) is 3.78. The molecule has 1 aromatic carbocycles. The second kappa shape index (κ2) is 6.68. The van der Waals surface area contributed by atoms with Gasteiger partial charge in [-0.3, -0.25) is 9.69 Å². The second-order valence-electron chi connectivity index (χ2n) is 4.99. The number of Topliss-reactive ketones (excluding diaryl/α,β-unsaturated/α-hetero) is 1. The van der Waals surface area contributed by atoms with Crippen molar-refractivity contribution in [1.82, 2.24) is 10.2 Å². The van der Waals surface area contributed by atoms with Crippen LogP contribution >= 0.6 is 0 Å². The Kier molecular flexibility index (Phi) is 4.93. The van der Waals surface area contributed by atoms with E-state index in [2.05, 4.69) is 10.2 Å². The summed E-state index contributed by atoms with van der Waals surface area (Å²) < 4.78 is 5.09. The van der Waals surface area contributed by atoms with Crippen LogP contribution in [0.1, 0.15) is 23.2 Å². The van der Waals surface area contributed by atoms with Crippen LogP contribution in [0, 0.1) is 0 Å². The summed E-state index contributed by atoms with van der Waals surface area (Å²) >= 11 is 0. The van der Waals surface area contributed by atoms with Gasteiger partial charge in [0.2, 0.25) is 0 Å². The average molecular weight is 262 g/mol. The molecule has 4 nitrogen and oxygen atoms in total. The van der Waals surface area contributed by atoms with Crippen LogP contribution in [0.4, 0.5) is 0 Å². The first-order valence-electron chi connectivity index (χ1n) is 6.80. The Hall–Kier alpha value is -1.39. The van der Waals surface area contributed by atoms with Crippen molar-refractivity contribution in [2.24, 2.45) is 0 Å². The molecule has 0 atom stereocenters. The normalized spacial score (nSPS) is 17.4. The van der Waals surface area contributed by atoms with E-state index in [-0.39, 0.29) is 5.78 Å². The molecule has 0 unspecified atom stereocenters. The average Bonchev–Trinajstić information content (AvgIpc) is 2.48. The van der Waals surface area contributed by atoms with Crippen molar-refractivity contribution in [2.45, 2.75) is 18.9 Å². The minimum atomic E-state index is 0.186. The van der Waals surface area contributed by atoms with Gasteiger partial charge in [-0.1, -0.05) is 0 Å². The minimum absolute atomic E-state index is 0.186. The molecule has 104 valence electrons. The first-order chi connectivity index (χ1) is 9.22. The van der Waals surface area contributed by atoms with E-state index in [1.807, 2.05) is 31.3 Å². The lowest BCUT2D eigenvalue weighted by Gasteiger charge is -2.31. The maximum atomic E-state index is 12.2. The Morgan fingerprint density at radius 2 is 1.95 bits per heavy atom. The van der Waals surface area contributed by atoms with E-state index in [0.717, 1.165) is 37.2 Å². The number of methoxy groups -OCH3 is 1. The predicted molar refractivity (Wildman–Crippen MR) is 75.8 cm³/mol. The van der Waals surface area contributed by atoms with Crippen LogP contribution in [0.3, 0.4) is 0 Å². The fraction of sp³-hybridized carbons (Fsp3) is 0.533. The van der Waals surface area contributed by atoms with Gasteiger partial charge >= 0.3 is 0 Å². The van der Waals surface area contributed by atoms with Crippen LogP contribution in [0.25, 0.3) is 0 Å². The van der Waals surface area contributed by atoms with Crippen molar-refractivity contribution >= 4 is 5.78 Å². The molecule has 4 heteroatoms. The van der Waals surface area contributed by atoms with Crippen molar-refractivity contribution in [3.63, 3.8) is 0 Å². The van der Waals surface area contributed by atoms with Crippen molar-refractivity contribution in [3.05, 3.63) is 29.8 Å². The number of carbonyl (C=O) groups is 1. The monoisotopic (exact) mass is 262 g/mol. The summed E-state index contributed by atoms with van der Waals surface area (Å²) in [6.45, 7) is 2.50. The zero-order valence-corrected chi connectivity index (χ0v) is 11.7. The number of piperidine rings is 1. The molecular formula is C15H22N2O2. The molecule has 0 spiro atoms. The Bertz CT molecular complexity index is 409. The maximum Gasteiger partial charge on any atom is 0.176 e. The minimum Gasteiger partial charge on any atom is -0.497 e. The van der Waals surface area contributed by atoms with E-state index in [1.54, 1.807) is 7.11 Å². The molecule has 0 aliphatic carbocycles. The molecule has 1 fully saturated rings. The highest BCUT2D eigenvalue weighted by Crippen LogP contribution is 2.14. The highest BCUT2D eigenvalue weighted by atomic mass is 16.5. The fourth-order valence-corrected chi connectivity index (χ4v) is 2.45. The van der Waals surface area contributed by atoms with Gasteiger partial charge in [-0.25, -0.2) is 0 Å². The lowest BCUT2D eigenvalue weighted by molar-refractivity contribution is 0.0905. The van der Waals surface area contributed by atoms with Gasteiger partial charge in [0.05, 0.1) is 13.7 Å². The topological polar surface area (TPSA) is 41.6 Å². The van der Waals surface area contributed by atoms with Crippen LogP contribution < -0.4 is 10.1 Å². The molecular weight excluding hydrogens is 240 g/mol. The van der Waals surface area contributed by atoms with Crippen molar-refractivity contribution in [1.29, 1.82) is 0 Å². The summed E-state index contributed by atoms with van der Waals surface area (Å²) in [5, 5.41) is 3.30. The first kappa shape index (κ1) is 14.0. The number of nitrogens with one attached hydrogen (secondary N) is 1. The third-order valence-electron chi connectivity index (χ3n) is 3.78. The molecule has 0 radical (unpaired) electrons. The van der Waals surface area contributed by atoms with Crippen LogP contribution in [0.5, 0.6) is 5.75 Å². The lowest BCUT2D eigenvalue weighted by atomic mass is 10.0. The molecule has 2 rings (SSSR count). The SMILES string of the molecule is CNC1CCN(CC(=O)c2ccc(OC)cc2)CC1. The molecule has 1 saturated heterocycles. The van der Waals surface area contributed by atoms with Crippen LogP contribution in [-0.2, 0) is 0 Å². The van der Waals surface area contributed by atoms with E-state index in [0.29, 0.717) is 12.6 Å². The Balaban J connectivity index is 1.87. The highest BCUT2D eigenvalue weighted by molar-refractivity contribution is 5.97. The molecule has 19 heavy (non-hydrogen) atoms. The number of nitrogens with zero attached hydrogens (tertiary/aromatic N) is 1. The molecule has 0 aromatic heterocycles. The molecule has 1 N–H and O–H groups in total. The van der Waals surface area contributed by atoms with Gasteiger partial charge in [0, 0.05) is 24.7 Å². The van der Waals surface area contributed by atoms with E-state index in [1.165, 1.54) is 0 Å². The van der Waals surface area contributed by atoms with Crippen molar-refractivity contribution in [2.75, 3.05) is 33.8 Å².